The van der Waals surface area contributed by atoms with Crippen LogP contribution in [0.3, 0.4) is 0 Å². The zero-order chi connectivity index (χ0) is 16.7. The highest BCUT2D eigenvalue weighted by Gasteiger charge is 2.09. The van der Waals surface area contributed by atoms with Crippen molar-refractivity contribution in [3.8, 4) is 5.75 Å². The van der Waals surface area contributed by atoms with Gasteiger partial charge in [-0.15, -0.1) is 0 Å². The van der Waals surface area contributed by atoms with E-state index in [1.165, 1.54) is 0 Å². The fraction of sp³-hybridized carbons (Fsp3) is 0.333. The summed E-state index contributed by atoms with van der Waals surface area (Å²) in [5, 5.41) is 0. The largest absolute Gasteiger partial charge is 0.492 e. The summed E-state index contributed by atoms with van der Waals surface area (Å²) in [6, 6.07) is 15.5. The topological polar surface area (TPSA) is 55.4 Å². The monoisotopic (exact) mass is 333 g/mol. The summed E-state index contributed by atoms with van der Waals surface area (Å²) in [4.78, 5) is 0. The van der Waals surface area contributed by atoms with Gasteiger partial charge in [0.15, 0.2) is 0 Å². The Morgan fingerprint density at radius 1 is 1.00 bits per heavy atom. The van der Waals surface area contributed by atoms with Crippen molar-refractivity contribution >= 4 is 10.0 Å². The van der Waals surface area contributed by atoms with Crippen LogP contribution in [0, 0.1) is 13.8 Å². The van der Waals surface area contributed by atoms with Gasteiger partial charge in [0.2, 0.25) is 10.0 Å². The van der Waals surface area contributed by atoms with Gasteiger partial charge in [-0.05, 0) is 49.1 Å². The van der Waals surface area contributed by atoms with Gasteiger partial charge in [0, 0.05) is 6.54 Å². The Morgan fingerprint density at radius 2 is 1.65 bits per heavy atom. The first kappa shape index (κ1) is 17.5. The zero-order valence-electron chi connectivity index (χ0n) is 13.6. The Morgan fingerprint density at radius 3 is 2.30 bits per heavy atom. The molecule has 0 unspecified atom stereocenters. The number of nitrogens with one attached hydrogen (secondary N) is 1. The lowest BCUT2D eigenvalue weighted by molar-refractivity contribution is 0.322. The quantitative estimate of drug-likeness (QED) is 0.756. The van der Waals surface area contributed by atoms with Crippen molar-refractivity contribution in [1.29, 1.82) is 0 Å². The van der Waals surface area contributed by atoms with Crippen LogP contribution in [0.5, 0.6) is 5.75 Å². The molecule has 0 spiro atoms. The molecule has 0 saturated heterocycles. The van der Waals surface area contributed by atoms with Crippen LogP contribution in [-0.2, 0) is 16.4 Å². The maximum Gasteiger partial charge on any atom is 0.212 e. The molecule has 0 amide bonds. The molecule has 0 aromatic heterocycles. The molecule has 23 heavy (non-hydrogen) atoms. The third kappa shape index (κ3) is 6.42. The predicted molar refractivity (Wildman–Crippen MR) is 93.3 cm³/mol. The number of aryl methyl sites for hydroxylation is 3. The molecule has 4 nitrogen and oxygen atoms in total. The van der Waals surface area contributed by atoms with Gasteiger partial charge in [-0.2, -0.15) is 0 Å². The summed E-state index contributed by atoms with van der Waals surface area (Å²) in [6.45, 7) is 4.59. The second-order valence-electron chi connectivity index (χ2n) is 5.62. The van der Waals surface area contributed by atoms with Gasteiger partial charge >= 0.3 is 0 Å². The van der Waals surface area contributed by atoms with E-state index >= 15 is 0 Å². The fourth-order valence-electron chi connectivity index (χ4n) is 2.35. The SMILES string of the molecule is Cc1cc(C)cc(OCCNS(=O)(=O)CCc2ccccc2)c1. The molecule has 2 rings (SSSR count). The minimum atomic E-state index is -3.28. The Hall–Kier alpha value is -1.85. The van der Waals surface area contributed by atoms with Crippen molar-refractivity contribution in [2.24, 2.45) is 0 Å². The summed E-state index contributed by atoms with van der Waals surface area (Å²) in [7, 11) is -3.28. The molecule has 0 heterocycles. The van der Waals surface area contributed by atoms with Gasteiger partial charge in [-0.1, -0.05) is 36.4 Å². The second-order valence-corrected chi connectivity index (χ2v) is 7.55. The Kier molecular flexibility index (Phi) is 6.19. The Labute approximate surface area is 138 Å². The van der Waals surface area contributed by atoms with Gasteiger partial charge in [0.05, 0.1) is 5.75 Å². The maximum absolute atomic E-state index is 12.0. The van der Waals surface area contributed by atoms with Crippen molar-refractivity contribution in [2.45, 2.75) is 20.3 Å². The average molecular weight is 333 g/mol. The molecule has 5 heteroatoms. The van der Waals surface area contributed by atoms with Gasteiger partial charge in [0.25, 0.3) is 0 Å². The number of hydrogen-bond acceptors (Lipinski definition) is 3. The lowest BCUT2D eigenvalue weighted by Crippen LogP contribution is -2.31. The molecule has 0 radical (unpaired) electrons. The zero-order valence-corrected chi connectivity index (χ0v) is 14.4. The molecule has 2 aromatic rings. The minimum Gasteiger partial charge on any atom is -0.492 e. The van der Waals surface area contributed by atoms with Crippen molar-refractivity contribution in [2.75, 3.05) is 18.9 Å². The van der Waals surface area contributed by atoms with Crippen LogP contribution in [0.1, 0.15) is 16.7 Å². The minimum absolute atomic E-state index is 0.0839. The third-order valence-electron chi connectivity index (χ3n) is 3.39. The first-order valence-electron chi connectivity index (χ1n) is 7.67. The number of ether oxygens (including phenoxy) is 1. The Bertz CT molecular complexity index is 707. The molecule has 0 saturated carbocycles. The first-order valence-corrected chi connectivity index (χ1v) is 9.32. The highest BCUT2D eigenvalue weighted by molar-refractivity contribution is 7.89. The standard InChI is InChI=1S/C18H23NO3S/c1-15-12-16(2)14-18(13-15)22-10-9-19-23(20,21)11-8-17-6-4-3-5-7-17/h3-7,12-14,19H,8-11H2,1-2H3. The first-order chi connectivity index (χ1) is 10.9. The van der Waals surface area contributed by atoms with Crippen molar-refractivity contribution in [3.05, 3.63) is 65.2 Å². The number of benzene rings is 2. The van der Waals surface area contributed by atoms with Crippen LogP contribution in [0.4, 0.5) is 0 Å². The molecular formula is C18H23NO3S. The van der Waals surface area contributed by atoms with Crippen LogP contribution in [0.25, 0.3) is 0 Å². The van der Waals surface area contributed by atoms with E-state index in [9.17, 15) is 8.42 Å². The fourth-order valence-corrected chi connectivity index (χ4v) is 3.39. The Balaban J connectivity index is 1.74. The molecule has 0 atom stereocenters. The van der Waals surface area contributed by atoms with E-state index in [1.807, 2.05) is 56.3 Å². The van der Waals surface area contributed by atoms with Gasteiger partial charge in [-0.25, -0.2) is 13.1 Å². The van der Waals surface area contributed by atoms with Crippen molar-refractivity contribution in [3.63, 3.8) is 0 Å². The van der Waals surface area contributed by atoms with E-state index in [1.54, 1.807) is 0 Å². The van der Waals surface area contributed by atoms with E-state index in [0.717, 1.165) is 22.4 Å². The maximum atomic E-state index is 12.0. The summed E-state index contributed by atoms with van der Waals surface area (Å²) in [6.07, 6.45) is 0.508. The number of hydrogen-bond donors (Lipinski definition) is 1. The van der Waals surface area contributed by atoms with Gasteiger partial charge < -0.3 is 4.74 Å². The molecular weight excluding hydrogens is 310 g/mol. The average Bonchev–Trinajstić information content (AvgIpc) is 2.50. The molecule has 0 aliphatic heterocycles. The van der Waals surface area contributed by atoms with E-state index in [-0.39, 0.29) is 12.3 Å². The smallest absolute Gasteiger partial charge is 0.212 e. The van der Waals surface area contributed by atoms with E-state index < -0.39 is 10.0 Å². The lowest BCUT2D eigenvalue weighted by atomic mass is 10.1. The van der Waals surface area contributed by atoms with Crippen LogP contribution in [-0.4, -0.2) is 27.3 Å². The molecule has 0 fully saturated rings. The van der Waals surface area contributed by atoms with Gasteiger partial charge in [0.1, 0.15) is 12.4 Å². The molecule has 124 valence electrons. The third-order valence-corrected chi connectivity index (χ3v) is 4.78. The summed E-state index contributed by atoms with van der Waals surface area (Å²) in [5.74, 6) is 0.853. The second kappa shape index (κ2) is 8.13. The molecule has 2 aromatic carbocycles. The van der Waals surface area contributed by atoms with Crippen molar-refractivity contribution in [1.82, 2.24) is 4.72 Å². The van der Waals surface area contributed by atoms with E-state index in [4.69, 9.17) is 4.74 Å². The summed E-state index contributed by atoms with van der Waals surface area (Å²) >= 11 is 0. The number of sulfonamides is 1. The highest BCUT2D eigenvalue weighted by Crippen LogP contribution is 2.15. The summed E-state index contributed by atoms with van der Waals surface area (Å²) in [5.41, 5.74) is 3.27. The van der Waals surface area contributed by atoms with Crippen molar-refractivity contribution < 1.29 is 13.2 Å². The van der Waals surface area contributed by atoms with Gasteiger partial charge in [-0.3, -0.25) is 0 Å². The molecule has 0 aliphatic carbocycles. The number of rotatable bonds is 8. The normalized spacial score (nSPS) is 11.4. The predicted octanol–water partition coefficient (Wildman–Crippen LogP) is 2.84. The molecule has 1 N–H and O–H groups in total. The van der Waals surface area contributed by atoms with Crippen LogP contribution < -0.4 is 9.46 Å². The van der Waals surface area contributed by atoms with E-state index in [2.05, 4.69) is 10.8 Å². The lowest BCUT2D eigenvalue weighted by Gasteiger charge is -2.10. The molecule has 0 bridgehead atoms. The summed E-state index contributed by atoms with van der Waals surface area (Å²) < 4.78 is 32.1. The van der Waals surface area contributed by atoms with Crippen LogP contribution in [0.2, 0.25) is 0 Å². The van der Waals surface area contributed by atoms with Crippen LogP contribution >= 0.6 is 0 Å². The van der Waals surface area contributed by atoms with Crippen LogP contribution in [0.15, 0.2) is 48.5 Å². The van der Waals surface area contributed by atoms with E-state index in [0.29, 0.717) is 13.0 Å². The molecule has 0 aliphatic rings. The highest BCUT2D eigenvalue weighted by atomic mass is 32.2.